The zero-order chi connectivity index (χ0) is 23.6. The molecule has 9 nitrogen and oxygen atoms in total. The number of halogens is 1. The van der Waals surface area contributed by atoms with Crippen LogP contribution >= 0.6 is 0 Å². The molecule has 0 atom stereocenters. The summed E-state index contributed by atoms with van der Waals surface area (Å²) in [6.07, 6.45) is -0.581. The van der Waals surface area contributed by atoms with Crippen molar-refractivity contribution in [1.82, 2.24) is 4.98 Å². The second kappa shape index (κ2) is 11.6. The number of pyridine rings is 1. The van der Waals surface area contributed by atoms with E-state index in [4.69, 9.17) is 15.0 Å². The van der Waals surface area contributed by atoms with Crippen molar-refractivity contribution in [3.8, 4) is 0 Å². The minimum atomic E-state index is -4.00. The maximum Gasteiger partial charge on any atom is 0.411 e. The molecule has 0 radical (unpaired) electrons. The van der Waals surface area contributed by atoms with Crippen LogP contribution in [0.3, 0.4) is 0 Å². The highest BCUT2D eigenvalue weighted by Gasteiger charge is 2.08. The van der Waals surface area contributed by atoms with Crippen LogP contribution in [0.1, 0.15) is 12.5 Å². The van der Waals surface area contributed by atoms with Gasteiger partial charge >= 0.3 is 6.09 Å². The molecule has 0 saturated heterocycles. The van der Waals surface area contributed by atoms with E-state index in [1.807, 2.05) is 0 Å². The van der Waals surface area contributed by atoms with Gasteiger partial charge in [0.05, 0.1) is 17.2 Å². The minimum absolute atomic E-state index is 0.0741. The highest BCUT2D eigenvalue weighted by atomic mass is 32.2. The first kappa shape index (κ1) is 24.6. The van der Waals surface area contributed by atoms with Crippen molar-refractivity contribution < 1.29 is 26.9 Å². The van der Waals surface area contributed by atoms with Gasteiger partial charge in [0.25, 0.3) is 10.1 Å². The Bertz CT molecular complexity index is 1130. The van der Waals surface area contributed by atoms with Crippen LogP contribution in [0.25, 0.3) is 0 Å². The molecular weight excluding hydrogens is 439 g/mol. The summed E-state index contributed by atoms with van der Waals surface area (Å²) >= 11 is 0. The Morgan fingerprint density at radius 2 is 1.75 bits per heavy atom. The summed E-state index contributed by atoms with van der Waals surface area (Å²) in [6, 6.07) is 16.9. The van der Waals surface area contributed by atoms with E-state index < -0.39 is 16.2 Å². The average Bonchev–Trinajstić information content (AvgIpc) is 2.76. The van der Waals surface area contributed by atoms with Gasteiger partial charge in [0, 0.05) is 6.54 Å². The summed E-state index contributed by atoms with van der Waals surface area (Å²) < 4.78 is 46.8. The standard InChI is InChI=1S/C15H17FN4O2.C6H6O3S/c1-2-22-15(21)19-12-7-8-13(20-14(12)17)18-9-10-3-5-11(16)6-4-10;7-10(8,9)6-4-2-1-3-5-6/h3-8H,2,9H2,1H3,(H,19,21)(H3,17,18,20);1-5H,(H,7,8,9). The summed E-state index contributed by atoms with van der Waals surface area (Å²) in [7, 11) is -4.00. The van der Waals surface area contributed by atoms with Gasteiger partial charge in [0.1, 0.15) is 17.5 Å². The van der Waals surface area contributed by atoms with Crippen molar-refractivity contribution in [2.45, 2.75) is 18.4 Å². The van der Waals surface area contributed by atoms with Crippen LogP contribution in [-0.2, 0) is 21.4 Å². The van der Waals surface area contributed by atoms with Crippen LogP contribution in [-0.4, -0.2) is 30.7 Å². The number of ether oxygens (including phenoxy) is 1. The zero-order valence-electron chi connectivity index (χ0n) is 17.2. The van der Waals surface area contributed by atoms with Gasteiger partial charge in [0.15, 0.2) is 0 Å². The molecule has 170 valence electrons. The lowest BCUT2D eigenvalue weighted by Gasteiger charge is -2.10. The first-order valence-electron chi connectivity index (χ1n) is 9.40. The lowest BCUT2D eigenvalue weighted by atomic mass is 10.2. The number of rotatable bonds is 6. The van der Waals surface area contributed by atoms with E-state index in [9.17, 15) is 17.6 Å². The number of amides is 1. The first-order chi connectivity index (χ1) is 15.2. The van der Waals surface area contributed by atoms with Crippen molar-refractivity contribution in [2.24, 2.45) is 0 Å². The Morgan fingerprint density at radius 3 is 2.28 bits per heavy atom. The van der Waals surface area contributed by atoms with E-state index >= 15 is 0 Å². The number of hydrogen-bond donors (Lipinski definition) is 4. The SMILES string of the molecule is CCOC(=O)Nc1ccc(NCc2ccc(F)cc2)nc1N.O=S(=O)(O)c1ccccc1. The molecule has 0 bridgehead atoms. The van der Waals surface area contributed by atoms with Gasteiger partial charge < -0.3 is 15.8 Å². The molecule has 0 aliphatic carbocycles. The second-order valence-corrected chi connectivity index (χ2v) is 7.66. The summed E-state index contributed by atoms with van der Waals surface area (Å²) in [5, 5.41) is 5.57. The molecule has 1 amide bonds. The number of carbonyl (C=O) groups is 1. The van der Waals surface area contributed by atoms with Gasteiger partial charge in [-0.15, -0.1) is 0 Å². The lowest BCUT2D eigenvalue weighted by Crippen LogP contribution is -2.15. The van der Waals surface area contributed by atoms with E-state index in [1.54, 1.807) is 49.4 Å². The fraction of sp³-hybridized carbons (Fsp3) is 0.143. The maximum atomic E-state index is 12.8. The van der Waals surface area contributed by atoms with Crippen LogP contribution in [0.4, 0.5) is 26.5 Å². The summed E-state index contributed by atoms with van der Waals surface area (Å²) in [4.78, 5) is 15.4. The van der Waals surface area contributed by atoms with E-state index in [-0.39, 0.29) is 23.1 Å². The fourth-order valence-corrected chi connectivity index (χ4v) is 2.84. The van der Waals surface area contributed by atoms with E-state index in [1.165, 1.54) is 24.3 Å². The van der Waals surface area contributed by atoms with Gasteiger partial charge in [-0.2, -0.15) is 8.42 Å². The first-order valence-corrected chi connectivity index (χ1v) is 10.8. The third kappa shape index (κ3) is 8.20. The number of nitrogens with one attached hydrogen (secondary N) is 2. The fourth-order valence-electron chi connectivity index (χ4n) is 2.34. The van der Waals surface area contributed by atoms with Crippen LogP contribution in [0, 0.1) is 5.82 Å². The highest BCUT2D eigenvalue weighted by Crippen LogP contribution is 2.19. The number of carbonyl (C=O) groups excluding carboxylic acids is 1. The van der Waals surface area contributed by atoms with Gasteiger partial charge in [0.2, 0.25) is 0 Å². The van der Waals surface area contributed by atoms with Crippen molar-refractivity contribution >= 4 is 33.5 Å². The minimum Gasteiger partial charge on any atom is -0.450 e. The van der Waals surface area contributed by atoms with Gasteiger partial charge in [-0.25, -0.2) is 14.2 Å². The van der Waals surface area contributed by atoms with Crippen LogP contribution in [0.5, 0.6) is 0 Å². The molecule has 0 spiro atoms. The molecule has 0 aliphatic heterocycles. The van der Waals surface area contributed by atoms with E-state index in [0.717, 1.165) is 5.56 Å². The average molecular weight is 463 g/mol. The van der Waals surface area contributed by atoms with Crippen molar-refractivity contribution in [1.29, 1.82) is 0 Å². The topological polar surface area (TPSA) is 144 Å². The molecule has 3 rings (SSSR count). The predicted octanol–water partition coefficient (Wildman–Crippen LogP) is 3.92. The highest BCUT2D eigenvalue weighted by molar-refractivity contribution is 7.85. The number of nitrogens with two attached hydrogens (primary N) is 1. The van der Waals surface area contributed by atoms with Gasteiger partial charge in [-0.3, -0.25) is 9.87 Å². The Balaban J connectivity index is 0.000000303. The third-order valence-electron chi connectivity index (χ3n) is 3.86. The molecule has 2 aromatic carbocycles. The van der Waals surface area contributed by atoms with Crippen LogP contribution in [0.15, 0.2) is 71.6 Å². The largest absolute Gasteiger partial charge is 0.450 e. The van der Waals surface area contributed by atoms with Crippen LogP contribution in [0.2, 0.25) is 0 Å². The monoisotopic (exact) mass is 462 g/mol. The summed E-state index contributed by atoms with van der Waals surface area (Å²) in [5.74, 6) is 0.453. The lowest BCUT2D eigenvalue weighted by molar-refractivity contribution is 0.168. The van der Waals surface area contributed by atoms with E-state index in [0.29, 0.717) is 18.1 Å². The zero-order valence-corrected chi connectivity index (χ0v) is 18.0. The summed E-state index contributed by atoms with van der Waals surface area (Å²) in [5.41, 5.74) is 7.08. The predicted molar refractivity (Wildman–Crippen MR) is 119 cm³/mol. The number of benzene rings is 2. The molecule has 0 saturated carbocycles. The van der Waals surface area contributed by atoms with Gasteiger partial charge in [-0.05, 0) is 48.9 Å². The van der Waals surface area contributed by atoms with Crippen molar-refractivity contribution in [3.63, 3.8) is 0 Å². The number of nitrogens with zero attached hydrogens (tertiary/aromatic N) is 1. The molecule has 1 heterocycles. The molecule has 0 unspecified atom stereocenters. The number of anilines is 3. The molecule has 0 aliphatic rings. The molecular formula is C21H23FN4O5S. The molecule has 5 N–H and O–H groups in total. The summed E-state index contributed by atoms with van der Waals surface area (Å²) in [6.45, 7) is 2.47. The Morgan fingerprint density at radius 1 is 1.09 bits per heavy atom. The molecule has 3 aromatic rings. The van der Waals surface area contributed by atoms with Crippen LogP contribution < -0.4 is 16.4 Å². The number of aromatic nitrogens is 1. The Labute approximate surface area is 185 Å². The molecule has 11 heteroatoms. The quantitative estimate of drug-likeness (QED) is 0.404. The number of hydrogen-bond acceptors (Lipinski definition) is 7. The smallest absolute Gasteiger partial charge is 0.411 e. The third-order valence-corrected chi connectivity index (χ3v) is 4.73. The maximum absolute atomic E-state index is 12.8. The van der Waals surface area contributed by atoms with Crippen molar-refractivity contribution in [3.05, 3.63) is 78.1 Å². The molecule has 32 heavy (non-hydrogen) atoms. The normalized spacial score (nSPS) is 10.5. The Kier molecular flexibility index (Phi) is 8.93. The van der Waals surface area contributed by atoms with E-state index in [2.05, 4.69) is 15.6 Å². The molecule has 0 fully saturated rings. The van der Waals surface area contributed by atoms with Crippen molar-refractivity contribution in [2.75, 3.05) is 23.0 Å². The van der Waals surface area contributed by atoms with Gasteiger partial charge in [-0.1, -0.05) is 30.3 Å². The Hall–Kier alpha value is -3.70. The second-order valence-electron chi connectivity index (χ2n) is 6.24. The number of nitrogen functional groups attached to an aromatic ring is 1. The molecule has 1 aromatic heterocycles.